The number of aliphatic hydroxyl groups is 1. The van der Waals surface area contributed by atoms with Gasteiger partial charge in [-0.25, -0.2) is 18.2 Å². The Kier molecular flexibility index (Phi) is 11.0. The molecule has 13 heteroatoms. The second-order valence-corrected chi connectivity index (χ2v) is 14.1. The van der Waals surface area contributed by atoms with Crippen molar-refractivity contribution in [3.63, 3.8) is 0 Å². The number of carbonyl (C=O) groups excluding carboxylic acids is 2. The fourth-order valence-electron chi connectivity index (χ4n) is 4.96. The van der Waals surface area contributed by atoms with Crippen LogP contribution >= 0.6 is 11.3 Å². The molecular formula is C31H40N4O7S2. The van der Waals surface area contributed by atoms with E-state index in [1.54, 1.807) is 19.1 Å². The third-order valence-electron chi connectivity index (χ3n) is 7.60. The van der Waals surface area contributed by atoms with Crippen molar-refractivity contribution >= 4 is 38.4 Å². The van der Waals surface area contributed by atoms with E-state index >= 15 is 0 Å². The molecule has 2 amide bonds. The average molecular weight is 645 g/mol. The molecule has 3 aromatic rings. The Bertz CT molecular complexity index is 1550. The van der Waals surface area contributed by atoms with Crippen LogP contribution in [-0.4, -0.2) is 79.8 Å². The number of anilines is 1. The van der Waals surface area contributed by atoms with E-state index in [4.69, 9.17) is 9.47 Å². The van der Waals surface area contributed by atoms with Crippen molar-refractivity contribution in [3.05, 3.63) is 70.9 Å². The number of carbonyl (C=O) groups is 2. The molecule has 1 aliphatic rings. The number of sulfonamides is 1. The van der Waals surface area contributed by atoms with E-state index in [1.807, 2.05) is 51.1 Å². The second-order valence-electron chi connectivity index (χ2n) is 11.0. The molecule has 2 N–H and O–H groups in total. The first-order valence-electron chi connectivity index (χ1n) is 14.5. The SMILES string of the molecule is CC[C@@H](C)CN(CC(O)C(Cc1ccccc1)NC(=O)C1CN(c2sc(C)nc2C)C(=O)O1)S(=O)(=O)c1cccc(OC)c1. The number of aromatic nitrogens is 1. The minimum atomic E-state index is -4.03. The van der Waals surface area contributed by atoms with Crippen molar-refractivity contribution in [2.75, 3.05) is 31.6 Å². The Hall–Kier alpha value is -3.52. The van der Waals surface area contributed by atoms with Crippen molar-refractivity contribution in [2.45, 2.75) is 63.7 Å². The zero-order valence-electron chi connectivity index (χ0n) is 25.6. The highest BCUT2D eigenvalue weighted by Crippen LogP contribution is 2.31. The van der Waals surface area contributed by atoms with E-state index in [0.717, 1.165) is 17.0 Å². The Morgan fingerprint density at radius 3 is 2.57 bits per heavy atom. The van der Waals surface area contributed by atoms with Gasteiger partial charge in [-0.1, -0.05) is 56.7 Å². The van der Waals surface area contributed by atoms with Gasteiger partial charge in [-0.2, -0.15) is 4.31 Å². The number of thiazole rings is 1. The van der Waals surface area contributed by atoms with Crippen LogP contribution in [0.4, 0.5) is 9.80 Å². The van der Waals surface area contributed by atoms with Gasteiger partial charge in [0.05, 0.1) is 41.4 Å². The molecule has 3 unspecified atom stereocenters. The van der Waals surface area contributed by atoms with Crippen molar-refractivity contribution in [1.82, 2.24) is 14.6 Å². The number of nitrogens with one attached hydrogen (secondary N) is 1. The molecule has 44 heavy (non-hydrogen) atoms. The smallest absolute Gasteiger partial charge is 0.415 e. The third kappa shape index (κ3) is 7.95. The number of cyclic esters (lactones) is 1. The molecule has 1 aliphatic heterocycles. The molecular weight excluding hydrogens is 604 g/mol. The number of hydrogen-bond acceptors (Lipinski definition) is 9. The Labute approximate surface area is 262 Å². The van der Waals surface area contributed by atoms with Gasteiger partial charge in [0.2, 0.25) is 10.0 Å². The number of rotatable bonds is 14. The highest BCUT2D eigenvalue weighted by Gasteiger charge is 2.40. The van der Waals surface area contributed by atoms with Crippen LogP contribution in [0.2, 0.25) is 0 Å². The van der Waals surface area contributed by atoms with Crippen LogP contribution in [0.5, 0.6) is 5.75 Å². The molecule has 0 bridgehead atoms. The first-order valence-corrected chi connectivity index (χ1v) is 16.8. The molecule has 11 nitrogen and oxygen atoms in total. The first-order chi connectivity index (χ1) is 20.9. The summed E-state index contributed by atoms with van der Waals surface area (Å²) in [5.74, 6) is -0.176. The fourth-order valence-corrected chi connectivity index (χ4v) is 7.49. The summed E-state index contributed by atoms with van der Waals surface area (Å²) in [6.45, 7) is 7.43. The second kappa shape index (κ2) is 14.5. The number of aliphatic hydroxyl groups excluding tert-OH is 1. The van der Waals surface area contributed by atoms with Crippen LogP contribution in [0.25, 0.3) is 0 Å². The number of nitrogens with zero attached hydrogens (tertiary/aromatic N) is 3. The number of benzene rings is 2. The van der Waals surface area contributed by atoms with Gasteiger partial charge >= 0.3 is 6.09 Å². The molecule has 0 aliphatic carbocycles. The van der Waals surface area contributed by atoms with Crippen LogP contribution in [-0.2, 0) is 26.0 Å². The lowest BCUT2D eigenvalue weighted by Crippen LogP contribution is -2.53. The van der Waals surface area contributed by atoms with E-state index in [-0.39, 0.29) is 36.9 Å². The number of ether oxygens (including phenoxy) is 2. The lowest BCUT2D eigenvalue weighted by atomic mass is 10.0. The van der Waals surface area contributed by atoms with Crippen molar-refractivity contribution in [2.24, 2.45) is 5.92 Å². The summed E-state index contributed by atoms with van der Waals surface area (Å²) >= 11 is 1.34. The normalized spacial score (nSPS) is 17.3. The van der Waals surface area contributed by atoms with Crippen LogP contribution < -0.4 is 15.0 Å². The number of amides is 2. The lowest BCUT2D eigenvalue weighted by Gasteiger charge is -2.31. The van der Waals surface area contributed by atoms with Crippen LogP contribution in [0, 0.1) is 19.8 Å². The molecule has 4 rings (SSSR count). The molecule has 0 spiro atoms. The Morgan fingerprint density at radius 1 is 1.20 bits per heavy atom. The molecule has 1 saturated heterocycles. The summed E-state index contributed by atoms with van der Waals surface area (Å²) in [5, 5.41) is 15.8. The van der Waals surface area contributed by atoms with Gasteiger partial charge in [-0.3, -0.25) is 9.69 Å². The van der Waals surface area contributed by atoms with Gasteiger partial charge in [-0.05, 0) is 43.9 Å². The van der Waals surface area contributed by atoms with Crippen molar-refractivity contribution < 1.29 is 32.6 Å². The highest BCUT2D eigenvalue weighted by molar-refractivity contribution is 7.89. The minimum Gasteiger partial charge on any atom is -0.497 e. The molecule has 0 radical (unpaired) electrons. The van der Waals surface area contributed by atoms with Crippen LogP contribution in [0.15, 0.2) is 59.5 Å². The van der Waals surface area contributed by atoms with Crippen molar-refractivity contribution in [1.29, 1.82) is 0 Å². The summed E-state index contributed by atoms with van der Waals surface area (Å²) in [5.41, 5.74) is 1.50. The van der Waals surface area contributed by atoms with E-state index in [9.17, 15) is 23.1 Å². The van der Waals surface area contributed by atoms with Gasteiger partial charge < -0.3 is 19.9 Å². The maximum atomic E-state index is 13.8. The summed E-state index contributed by atoms with van der Waals surface area (Å²) in [6.07, 6.45) is -2.11. The highest BCUT2D eigenvalue weighted by atomic mass is 32.2. The van der Waals surface area contributed by atoms with Gasteiger partial charge in [0, 0.05) is 19.2 Å². The summed E-state index contributed by atoms with van der Waals surface area (Å²) in [7, 11) is -2.57. The molecule has 4 atom stereocenters. The van der Waals surface area contributed by atoms with Gasteiger partial charge in [-0.15, -0.1) is 11.3 Å². The van der Waals surface area contributed by atoms with Crippen molar-refractivity contribution in [3.8, 4) is 5.75 Å². The average Bonchev–Trinajstić information content (AvgIpc) is 3.56. The minimum absolute atomic E-state index is 0.00691. The standard InChI is InChI=1S/C31H40N4O7S2/c1-6-20(2)17-34(44(39,40)25-14-10-13-24(16-25)41-5)18-27(36)26(15-23-11-8-7-9-12-23)33-29(37)28-19-35(31(38)42-28)30-21(3)32-22(4)43-30/h7-14,16,20,26-28,36H,6,15,17-19H2,1-5H3,(H,33,37)/t20-,26?,27?,28?/m1/s1. The van der Waals surface area contributed by atoms with E-state index < -0.39 is 40.3 Å². The van der Waals surface area contributed by atoms with Gasteiger partial charge in [0.1, 0.15) is 10.8 Å². The summed E-state index contributed by atoms with van der Waals surface area (Å²) in [4.78, 5) is 32.0. The molecule has 2 aromatic carbocycles. The van der Waals surface area contributed by atoms with E-state index in [2.05, 4.69) is 10.3 Å². The first kappa shape index (κ1) is 33.4. The van der Waals surface area contributed by atoms with E-state index in [1.165, 1.54) is 39.8 Å². The van der Waals surface area contributed by atoms with Gasteiger partial charge in [0.25, 0.3) is 5.91 Å². The monoisotopic (exact) mass is 644 g/mol. The molecule has 1 aromatic heterocycles. The van der Waals surface area contributed by atoms with Crippen LogP contribution in [0.1, 0.15) is 36.5 Å². The van der Waals surface area contributed by atoms with Gasteiger partial charge in [0.15, 0.2) is 6.10 Å². The maximum Gasteiger partial charge on any atom is 0.415 e. The maximum absolute atomic E-state index is 13.8. The van der Waals surface area contributed by atoms with E-state index in [0.29, 0.717) is 16.4 Å². The molecule has 238 valence electrons. The molecule has 2 heterocycles. The quantitative estimate of drug-likeness (QED) is 0.269. The fraction of sp³-hybridized carbons (Fsp3) is 0.452. The lowest BCUT2D eigenvalue weighted by molar-refractivity contribution is -0.129. The zero-order valence-corrected chi connectivity index (χ0v) is 27.2. The largest absolute Gasteiger partial charge is 0.497 e. The predicted octanol–water partition coefficient (Wildman–Crippen LogP) is 3.92. The summed E-state index contributed by atoms with van der Waals surface area (Å²) < 4.78 is 39.6. The van der Waals surface area contributed by atoms with Crippen LogP contribution in [0.3, 0.4) is 0 Å². The molecule has 0 saturated carbocycles. The number of aryl methyl sites for hydroxylation is 2. The predicted molar refractivity (Wildman–Crippen MR) is 168 cm³/mol. The third-order valence-corrected chi connectivity index (χ3v) is 10.5. The zero-order chi connectivity index (χ0) is 32.0. The molecule has 1 fully saturated rings. The topological polar surface area (TPSA) is 138 Å². The number of methoxy groups -OCH3 is 1. The number of hydrogen-bond donors (Lipinski definition) is 2. The Balaban J connectivity index is 1.57. The summed E-state index contributed by atoms with van der Waals surface area (Å²) in [6, 6.07) is 14.6. The Morgan fingerprint density at radius 2 is 1.93 bits per heavy atom.